The molecule has 0 fully saturated rings. The summed E-state index contributed by atoms with van der Waals surface area (Å²) in [6.07, 6.45) is 1.15. The van der Waals surface area contributed by atoms with Crippen LogP contribution < -0.4 is 0 Å². The summed E-state index contributed by atoms with van der Waals surface area (Å²) in [5.41, 5.74) is 5.53. The summed E-state index contributed by atoms with van der Waals surface area (Å²) in [7, 11) is 0. The van der Waals surface area contributed by atoms with Crippen molar-refractivity contribution in [2.24, 2.45) is 0 Å². The number of ether oxygens (including phenoxy) is 1. The number of benzene rings is 2. The fourth-order valence-electron chi connectivity index (χ4n) is 2.60. The van der Waals surface area contributed by atoms with Crippen molar-refractivity contribution < 1.29 is 20.1 Å². The van der Waals surface area contributed by atoms with Crippen LogP contribution in [-0.2, 0) is 11.3 Å². The molecule has 0 radical (unpaired) electrons. The molecule has 0 heterocycles. The maximum Gasteiger partial charge on any atom is 0.121 e. The van der Waals surface area contributed by atoms with E-state index in [0.717, 1.165) is 11.1 Å². The Morgan fingerprint density at radius 2 is 1.77 bits per heavy atom. The Kier molecular flexibility index (Phi) is 8.13. The standard InChI is InChI=1S/C22H26O4/c1-17(8-7-13-22(25)20-11-5-6-12-21(20)24)14-19(23)16-26-15-18-9-3-2-4-10-18/h2-7,9-12,19,22-25H,13-16H2,1H3/t8?,19-,22-/m1/s1. The first-order valence-electron chi connectivity index (χ1n) is 8.72. The van der Waals surface area contributed by atoms with E-state index in [4.69, 9.17) is 4.74 Å². The van der Waals surface area contributed by atoms with Gasteiger partial charge in [0.15, 0.2) is 0 Å². The van der Waals surface area contributed by atoms with Gasteiger partial charge in [0.2, 0.25) is 0 Å². The van der Waals surface area contributed by atoms with Gasteiger partial charge >= 0.3 is 0 Å². The van der Waals surface area contributed by atoms with Crippen LogP contribution >= 0.6 is 0 Å². The molecule has 0 bridgehead atoms. The Hall–Kier alpha value is -2.36. The van der Waals surface area contributed by atoms with Crippen molar-refractivity contribution in [2.75, 3.05) is 6.61 Å². The summed E-state index contributed by atoms with van der Waals surface area (Å²) < 4.78 is 5.53. The molecule has 3 N–H and O–H groups in total. The summed E-state index contributed by atoms with van der Waals surface area (Å²) in [4.78, 5) is 0. The van der Waals surface area contributed by atoms with Gasteiger partial charge < -0.3 is 20.1 Å². The van der Waals surface area contributed by atoms with Crippen LogP contribution in [0.15, 0.2) is 72.0 Å². The van der Waals surface area contributed by atoms with Gasteiger partial charge in [0, 0.05) is 18.4 Å². The van der Waals surface area contributed by atoms with E-state index in [1.165, 1.54) is 0 Å². The smallest absolute Gasteiger partial charge is 0.121 e. The van der Waals surface area contributed by atoms with Crippen LogP contribution in [0.4, 0.5) is 0 Å². The molecule has 0 amide bonds. The van der Waals surface area contributed by atoms with Crippen molar-refractivity contribution in [2.45, 2.75) is 38.6 Å². The highest BCUT2D eigenvalue weighted by Gasteiger charge is 2.09. The zero-order chi connectivity index (χ0) is 18.8. The van der Waals surface area contributed by atoms with Crippen LogP contribution in [0.3, 0.4) is 0 Å². The fourth-order valence-corrected chi connectivity index (χ4v) is 2.60. The highest BCUT2D eigenvalue weighted by Crippen LogP contribution is 2.25. The molecule has 4 nitrogen and oxygen atoms in total. The number of hydrogen-bond acceptors (Lipinski definition) is 4. The minimum Gasteiger partial charge on any atom is -0.508 e. The number of aliphatic hydroxyl groups excluding tert-OH is 2. The predicted octanol–water partition coefficient (Wildman–Crippen LogP) is 3.88. The number of phenolic OH excluding ortho intramolecular Hbond substituents is 1. The summed E-state index contributed by atoms with van der Waals surface area (Å²) in [5.74, 6) is 0.0834. The molecule has 0 saturated heterocycles. The monoisotopic (exact) mass is 354 g/mol. The zero-order valence-electron chi connectivity index (χ0n) is 15.0. The van der Waals surface area contributed by atoms with Gasteiger partial charge in [0.25, 0.3) is 0 Å². The van der Waals surface area contributed by atoms with E-state index in [9.17, 15) is 15.3 Å². The molecule has 4 heteroatoms. The van der Waals surface area contributed by atoms with Crippen molar-refractivity contribution in [1.29, 1.82) is 0 Å². The van der Waals surface area contributed by atoms with Gasteiger partial charge in [0.05, 0.1) is 25.4 Å². The first kappa shape index (κ1) is 20.0. The molecule has 0 spiro atoms. The third kappa shape index (κ3) is 6.87. The molecule has 0 aliphatic carbocycles. The molecule has 2 aromatic rings. The molecule has 0 aromatic heterocycles. The average molecular weight is 354 g/mol. The number of hydrogen-bond donors (Lipinski definition) is 3. The number of aromatic hydroxyl groups is 1. The van der Waals surface area contributed by atoms with Gasteiger partial charge in [-0.1, -0.05) is 48.5 Å². The Balaban J connectivity index is 1.75. The molecule has 0 unspecified atom stereocenters. The molecule has 26 heavy (non-hydrogen) atoms. The van der Waals surface area contributed by atoms with Crippen molar-refractivity contribution in [3.63, 3.8) is 0 Å². The van der Waals surface area contributed by atoms with E-state index in [2.05, 4.69) is 5.73 Å². The van der Waals surface area contributed by atoms with Crippen molar-refractivity contribution in [3.8, 4) is 5.75 Å². The predicted molar refractivity (Wildman–Crippen MR) is 102 cm³/mol. The van der Waals surface area contributed by atoms with Crippen molar-refractivity contribution >= 4 is 0 Å². The van der Waals surface area contributed by atoms with Gasteiger partial charge in [0.1, 0.15) is 5.75 Å². The quantitative estimate of drug-likeness (QED) is 0.598. The van der Waals surface area contributed by atoms with Gasteiger partial charge in [-0.3, -0.25) is 0 Å². The molecular weight excluding hydrogens is 328 g/mol. The Morgan fingerprint density at radius 3 is 2.50 bits per heavy atom. The molecule has 2 atom stereocenters. The lowest BCUT2D eigenvalue weighted by Gasteiger charge is -2.11. The lowest BCUT2D eigenvalue weighted by atomic mass is 10.1. The van der Waals surface area contributed by atoms with Crippen molar-refractivity contribution in [3.05, 3.63) is 83.1 Å². The summed E-state index contributed by atoms with van der Waals surface area (Å²) >= 11 is 0. The van der Waals surface area contributed by atoms with Gasteiger partial charge in [-0.2, -0.15) is 0 Å². The number of rotatable bonds is 9. The van der Waals surface area contributed by atoms with Crippen LogP contribution in [-0.4, -0.2) is 28.0 Å². The number of phenols is 1. The van der Waals surface area contributed by atoms with E-state index in [1.54, 1.807) is 30.3 Å². The Bertz CT molecular complexity index is 733. The lowest BCUT2D eigenvalue weighted by Crippen LogP contribution is -2.15. The van der Waals surface area contributed by atoms with E-state index in [1.807, 2.05) is 37.3 Å². The fraction of sp³-hybridized carbons (Fsp3) is 0.318. The molecule has 2 aromatic carbocycles. The van der Waals surface area contributed by atoms with E-state index in [-0.39, 0.29) is 12.4 Å². The lowest BCUT2D eigenvalue weighted by molar-refractivity contribution is 0.0289. The van der Waals surface area contributed by atoms with Gasteiger partial charge in [-0.15, -0.1) is 5.73 Å². The minimum atomic E-state index is -0.782. The van der Waals surface area contributed by atoms with E-state index in [0.29, 0.717) is 25.0 Å². The SMILES string of the molecule is CC(=C=CC[C@@H](O)c1ccccc1O)C[C@@H](O)COCc1ccccc1. The molecule has 138 valence electrons. The zero-order valence-corrected chi connectivity index (χ0v) is 15.0. The van der Waals surface area contributed by atoms with Crippen LogP contribution in [0.25, 0.3) is 0 Å². The summed E-state index contributed by atoms with van der Waals surface area (Å²) in [6.45, 7) is 2.61. The first-order valence-corrected chi connectivity index (χ1v) is 8.72. The highest BCUT2D eigenvalue weighted by molar-refractivity contribution is 5.33. The number of para-hydroxylation sites is 1. The summed E-state index contributed by atoms with van der Waals surface area (Å²) in [5, 5.41) is 29.9. The van der Waals surface area contributed by atoms with E-state index < -0.39 is 12.2 Å². The molecule has 2 rings (SSSR count). The normalized spacial score (nSPS) is 12.9. The third-order valence-corrected chi connectivity index (χ3v) is 3.95. The topological polar surface area (TPSA) is 69.9 Å². The molecular formula is C22H26O4. The van der Waals surface area contributed by atoms with Gasteiger partial charge in [-0.05, 0) is 30.2 Å². The molecule has 0 saturated carbocycles. The second-order valence-electron chi connectivity index (χ2n) is 6.30. The Morgan fingerprint density at radius 1 is 1.08 bits per heavy atom. The van der Waals surface area contributed by atoms with Crippen LogP contribution in [0, 0.1) is 0 Å². The maximum absolute atomic E-state index is 10.1. The second-order valence-corrected chi connectivity index (χ2v) is 6.30. The van der Waals surface area contributed by atoms with Crippen molar-refractivity contribution in [1.82, 2.24) is 0 Å². The Labute approximate surface area is 154 Å². The van der Waals surface area contributed by atoms with Crippen LogP contribution in [0.1, 0.15) is 37.0 Å². The van der Waals surface area contributed by atoms with Crippen LogP contribution in [0.2, 0.25) is 0 Å². The van der Waals surface area contributed by atoms with E-state index >= 15 is 0 Å². The third-order valence-electron chi connectivity index (χ3n) is 3.95. The molecule has 0 aliphatic rings. The van der Waals surface area contributed by atoms with Crippen LogP contribution in [0.5, 0.6) is 5.75 Å². The summed E-state index contributed by atoms with van der Waals surface area (Å²) in [6, 6.07) is 16.6. The molecule has 0 aliphatic heterocycles. The first-order chi connectivity index (χ1) is 12.6. The largest absolute Gasteiger partial charge is 0.508 e. The highest BCUT2D eigenvalue weighted by atomic mass is 16.5. The average Bonchev–Trinajstić information content (AvgIpc) is 2.62. The van der Waals surface area contributed by atoms with Gasteiger partial charge in [-0.25, -0.2) is 0 Å². The maximum atomic E-state index is 10.1. The second kappa shape index (κ2) is 10.6. The minimum absolute atomic E-state index is 0.0834. The number of aliphatic hydroxyl groups is 2.